The van der Waals surface area contributed by atoms with Crippen molar-refractivity contribution in [3.05, 3.63) is 112 Å². The number of aryl methyl sites for hydroxylation is 2. The number of nitro benzene ring substituents is 1. The molecule has 0 fully saturated rings. The van der Waals surface area contributed by atoms with Gasteiger partial charge < -0.3 is 10.4 Å². The largest absolute Gasteiger partial charge is 0.502 e. The number of nitro groups is 1. The maximum absolute atomic E-state index is 11.4. The molecule has 0 radical (unpaired) electrons. The first-order chi connectivity index (χ1) is 15.8. The number of nitrogens with zero attached hydrogens (tertiary/aromatic N) is 2. The van der Waals surface area contributed by atoms with Gasteiger partial charge >= 0.3 is 0 Å². The second kappa shape index (κ2) is 9.18. The first kappa shape index (κ1) is 22.1. The molecule has 0 amide bonds. The van der Waals surface area contributed by atoms with Gasteiger partial charge in [0.25, 0.3) is 11.4 Å². The van der Waals surface area contributed by atoms with Gasteiger partial charge in [-0.15, -0.1) is 0 Å². The van der Waals surface area contributed by atoms with Crippen LogP contribution in [0.3, 0.4) is 0 Å². The van der Waals surface area contributed by atoms with Gasteiger partial charge in [0.15, 0.2) is 23.1 Å². The van der Waals surface area contributed by atoms with Crippen molar-refractivity contribution in [2.75, 3.05) is 5.32 Å². The summed E-state index contributed by atoms with van der Waals surface area (Å²) < 4.78 is 1.72. The minimum absolute atomic E-state index is 0.0689. The Morgan fingerprint density at radius 2 is 1.79 bits per heavy atom. The van der Waals surface area contributed by atoms with Crippen molar-refractivity contribution in [2.24, 2.45) is 0 Å². The monoisotopic (exact) mass is 456 g/mol. The standard InChI is InChI=1S/C26H21N3O3S/c1-17-7-6-14-28(16-17)24(25(30)20-13-12-18(2)23(15-20)29(31)32)26(33)27-22-11-5-9-19-8-3-4-10-21(19)22/h3-16H,1-2H3,(H-,27,30,33)/p+1. The summed E-state index contributed by atoms with van der Waals surface area (Å²) in [6, 6.07) is 22.2. The molecular formula is C26H22N3O3S+. The molecule has 33 heavy (non-hydrogen) atoms. The van der Waals surface area contributed by atoms with Gasteiger partial charge in [-0.05, 0) is 31.4 Å². The third kappa shape index (κ3) is 4.58. The van der Waals surface area contributed by atoms with E-state index in [1.807, 2.05) is 67.7 Å². The van der Waals surface area contributed by atoms with Crippen molar-refractivity contribution in [2.45, 2.75) is 13.8 Å². The Labute approximate surface area is 196 Å². The van der Waals surface area contributed by atoms with Crippen molar-refractivity contribution in [1.82, 2.24) is 0 Å². The number of aliphatic hydroxyl groups excluding tert-OH is 1. The number of rotatable bonds is 5. The molecule has 1 heterocycles. The molecule has 0 unspecified atom stereocenters. The number of aliphatic hydroxyl groups is 1. The van der Waals surface area contributed by atoms with Crippen LogP contribution in [0.2, 0.25) is 0 Å². The number of pyridine rings is 1. The zero-order valence-electron chi connectivity index (χ0n) is 18.1. The smallest absolute Gasteiger partial charge is 0.288 e. The minimum Gasteiger partial charge on any atom is -0.502 e. The predicted molar refractivity (Wildman–Crippen MR) is 135 cm³/mol. The second-order valence-corrected chi connectivity index (χ2v) is 8.13. The first-order valence-electron chi connectivity index (χ1n) is 10.3. The molecule has 4 rings (SSSR count). The average molecular weight is 457 g/mol. The molecule has 3 aromatic carbocycles. The van der Waals surface area contributed by atoms with E-state index in [-0.39, 0.29) is 16.4 Å². The van der Waals surface area contributed by atoms with E-state index in [0.29, 0.717) is 16.8 Å². The van der Waals surface area contributed by atoms with Crippen LogP contribution in [0.15, 0.2) is 85.2 Å². The predicted octanol–water partition coefficient (Wildman–Crippen LogP) is 5.98. The molecule has 0 aliphatic heterocycles. The van der Waals surface area contributed by atoms with Gasteiger partial charge in [0.2, 0.25) is 0 Å². The fourth-order valence-corrected chi connectivity index (χ4v) is 4.00. The number of hydrogen-bond acceptors (Lipinski definition) is 4. The van der Waals surface area contributed by atoms with Crippen LogP contribution < -0.4 is 9.88 Å². The molecule has 7 heteroatoms. The van der Waals surface area contributed by atoms with E-state index >= 15 is 0 Å². The van der Waals surface area contributed by atoms with Gasteiger partial charge in [-0.2, -0.15) is 4.57 Å². The number of benzene rings is 3. The lowest BCUT2D eigenvalue weighted by Gasteiger charge is -2.12. The molecule has 0 spiro atoms. The third-order valence-electron chi connectivity index (χ3n) is 5.36. The topological polar surface area (TPSA) is 79.3 Å². The van der Waals surface area contributed by atoms with E-state index in [1.54, 1.807) is 29.8 Å². The number of anilines is 1. The van der Waals surface area contributed by atoms with Gasteiger partial charge in [0, 0.05) is 39.9 Å². The fraction of sp³-hybridized carbons (Fsp3) is 0.0769. The summed E-state index contributed by atoms with van der Waals surface area (Å²) in [5.41, 5.74) is 2.83. The molecule has 1 aromatic heterocycles. The van der Waals surface area contributed by atoms with Crippen molar-refractivity contribution in [3.8, 4) is 0 Å². The Morgan fingerprint density at radius 3 is 2.55 bits per heavy atom. The minimum atomic E-state index is -0.460. The highest BCUT2D eigenvalue weighted by molar-refractivity contribution is 7.81. The normalized spacial score (nSPS) is 11.7. The van der Waals surface area contributed by atoms with E-state index < -0.39 is 4.92 Å². The molecule has 0 saturated heterocycles. The number of aromatic nitrogens is 1. The van der Waals surface area contributed by atoms with Crippen LogP contribution in [0.25, 0.3) is 22.2 Å². The van der Waals surface area contributed by atoms with E-state index in [0.717, 1.165) is 22.0 Å². The second-order valence-electron chi connectivity index (χ2n) is 7.72. The maximum Gasteiger partial charge on any atom is 0.288 e. The van der Waals surface area contributed by atoms with Crippen LogP contribution in [0.1, 0.15) is 16.7 Å². The molecule has 164 valence electrons. The lowest BCUT2D eigenvalue weighted by atomic mass is 10.1. The van der Waals surface area contributed by atoms with Gasteiger partial charge in [-0.25, -0.2) is 0 Å². The highest BCUT2D eigenvalue weighted by Crippen LogP contribution is 2.27. The highest BCUT2D eigenvalue weighted by atomic mass is 32.1. The van der Waals surface area contributed by atoms with Gasteiger partial charge in [-0.1, -0.05) is 60.7 Å². The summed E-state index contributed by atoms with van der Waals surface area (Å²) in [6.45, 7) is 3.59. The summed E-state index contributed by atoms with van der Waals surface area (Å²) in [4.78, 5) is 11.3. The molecule has 2 N–H and O–H groups in total. The van der Waals surface area contributed by atoms with Crippen LogP contribution in [-0.2, 0) is 0 Å². The molecule has 0 atom stereocenters. The van der Waals surface area contributed by atoms with Gasteiger partial charge in [-0.3, -0.25) is 10.1 Å². The Bertz CT molecular complexity index is 1420. The summed E-state index contributed by atoms with van der Waals surface area (Å²) in [5, 5.41) is 28.0. The lowest BCUT2D eigenvalue weighted by molar-refractivity contribution is -0.576. The number of nitrogens with one attached hydrogen (secondary N) is 1. The van der Waals surface area contributed by atoms with Crippen LogP contribution in [-0.4, -0.2) is 15.0 Å². The summed E-state index contributed by atoms with van der Waals surface area (Å²) >= 11 is 5.75. The Morgan fingerprint density at radius 1 is 1.03 bits per heavy atom. The van der Waals surface area contributed by atoms with Crippen molar-refractivity contribution in [3.63, 3.8) is 0 Å². The first-order valence-corrected chi connectivity index (χ1v) is 10.7. The Hall–Kier alpha value is -4.10. The van der Waals surface area contributed by atoms with Crippen LogP contribution in [0, 0.1) is 24.0 Å². The highest BCUT2D eigenvalue weighted by Gasteiger charge is 2.26. The van der Waals surface area contributed by atoms with E-state index in [4.69, 9.17) is 12.2 Å². The van der Waals surface area contributed by atoms with Crippen molar-refractivity contribution in [1.29, 1.82) is 0 Å². The lowest BCUT2D eigenvalue weighted by Crippen LogP contribution is -2.38. The number of thiocarbonyl (C=S) groups is 1. The zero-order chi connectivity index (χ0) is 23.5. The SMILES string of the molecule is Cc1ccc[n+](/C(C(=S)Nc2cccc3ccccc23)=C(/O)c2ccc(C)c([N+](=O)[O-])c2)c1. The summed E-state index contributed by atoms with van der Waals surface area (Å²) in [7, 11) is 0. The molecule has 0 aliphatic rings. The number of hydrogen-bond donors (Lipinski definition) is 2. The molecule has 0 aliphatic carbocycles. The summed E-state index contributed by atoms with van der Waals surface area (Å²) in [6.07, 6.45) is 3.61. The Balaban J connectivity index is 1.86. The maximum atomic E-state index is 11.4. The van der Waals surface area contributed by atoms with Crippen LogP contribution in [0.4, 0.5) is 11.4 Å². The molecular weight excluding hydrogens is 434 g/mol. The molecule has 0 bridgehead atoms. The Kier molecular flexibility index (Phi) is 6.15. The number of fused-ring (bicyclic) bond motifs is 1. The molecule has 6 nitrogen and oxygen atoms in total. The van der Waals surface area contributed by atoms with E-state index in [9.17, 15) is 15.2 Å². The van der Waals surface area contributed by atoms with Crippen molar-refractivity contribution >= 4 is 50.8 Å². The van der Waals surface area contributed by atoms with Gasteiger partial charge in [0.1, 0.15) is 0 Å². The molecule has 0 saturated carbocycles. The van der Waals surface area contributed by atoms with Crippen LogP contribution in [0.5, 0.6) is 0 Å². The van der Waals surface area contributed by atoms with E-state index in [1.165, 1.54) is 6.07 Å². The fourth-order valence-electron chi connectivity index (χ4n) is 3.69. The third-order valence-corrected chi connectivity index (χ3v) is 5.66. The van der Waals surface area contributed by atoms with Crippen molar-refractivity contribution < 1.29 is 14.6 Å². The molecule has 4 aromatic rings. The van der Waals surface area contributed by atoms with Gasteiger partial charge in [0.05, 0.1) is 4.92 Å². The average Bonchev–Trinajstić information content (AvgIpc) is 2.79. The van der Waals surface area contributed by atoms with E-state index in [2.05, 4.69) is 5.32 Å². The summed E-state index contributed by atoms with van der Waals surface area (Å²) in [5.74, 6) is -0.161. The quantitative estimate of drug-likeness (QED) is 0.0965. The zero-order valence-corrected chi connectivity index (χ0v) is 19.0. The van der Waals surface area contributed by atoms with Crippen LogP contribution >= 0.6 is 12.2 Å².